The Morgan fingerprint density at radius 3 is 1.36 bits per heavy atom. The molecule has 0 aromatic carbocycles. The maximum atomic E-state index is 13.1. The Kier molecular flexibility index (Phi) is 29.9. The predicted octanol–water partition coefficient (Wildman–Crippen LogP) is 9.99. The van der Waals surface area contributed by atoms with E-state index in [1.54, 1.807) is 0 Å². The number of unbranched alkanes of at least 4 members (excludes halogenated alkanes) is 21. The van der Waals surface area contributed by atoms with Gasteiger partial charge in [0.25, 0.3) is 0 Å². The van der Waals surface area contributed by atoms with Gasteiger partial charge >= 0.3 is 0 Å². The minimum atomic E-state index is -0.835. The molecule has 0 heterocycles. The molecule has 0 aliphatic rings. The lowest BCUT2D eigenvalue weighted by Gasteiger charge is -2.27. The van der Waals surface area contributed by atoms with Gasteiger partial charge in [-0.25, -0.2) is 0 Å². The summed E-state index contributed by atoms with van der Waals surface area (Å²) in [6.07, 6.45) is 32.5. The van der Waals surface area contributed by atoms with Crippen LogP contribution in [0.25, 0.3) is 0 Å². The van der Waals surface area contributed by atoms with Gasteiger partial charge in [0.1, 0.15) is 0 Å². The summed E-state index contributed by atoms with van der Waals surface area (Å²) in [5, 5.41) is 19.4. The van der Waals surface area contributed by atoms with E-state index in [4.69, 9.17) is 0 Å². The predicted molar refractivity (Wildman–Crippen MR) is 170 cm³/mol. The molecule has 0 aromatic heterocycles. The van der Waals surface area contributed by atoms with Crippen molar-refractivity contribution in [1.82, 2.24) is 4.90 Å². The number of hydrogen-bond donors (Lipinski definition) is 2. The number of aliphatic hydroxyl groups excluding tert-OH is 2. The van der Waals surface area contributed by atoms with Gasteiger partial charge in [0.2, 0.25) is 5.91 Å². The van der Waals surface area contributed by atoms with Crippen molar-refractivity contribution in [3.63, 3.8) is 0 Å². The van der Waals surface area contributed by atoms with E-state index >= 15 is 0 Å². The minimum Gasteiger partial charge on any atom is -0.394 e. The average Bonchev–Trinajstić information content (AvgIpc) is 2.94. The van der Waals surface area contributed by atoms with Crippen LogP contribution in [0.1, 0.15) is 188 Å². The molecule has 1 amide bonds. The van der Waals surface area contributed by atoms with Crippen molar-refractivity contribution >= 4 is 5.91 Å². The van der Waals surface area contributed by atoms with Crippen LogP contribution in [0.15, 0.2) is 0 Å². The van der Waals surface area contributed by atoms with E-state index in [1.165, 1.54) is 135 Å². The third-order valence-electron chi connectivity index (χ3n) is 8.53. The summed E-state index contributed by atoms with van der Waals surface area (Å²) in [6.45, 7) is 7.44. The zero-order valence-electron chi connectivity index (χ0n) is 26.9. The molecule has 2 atom stereocenters. The van der Waals surface area contributed by atoms with Crippen LogP contribution in [0, 0.1) is 5.92 Å². The number of nitrogens with zero attached hydrogens (tertiary/aromatic N) is 1. The van der Waals surface area contributed by atoms with Crippen molar-refractivity contribution in [2.75, 3.05) is 19.7 Å². The smallest absolute Gasteiger partial charge is 0.222 e. The van der Waals surface area contributed by atoms with Crippen LogP contribution in [0.2, 0.25) is 0 Å². The van der Waals surface area contributed by atoms with Crippen molar-refractivity contribution in [2.24, 2.45) is 5.92 Å². The first-order chi connectivity index (χ1) is 19.1. The molecule has 2 N–H and O–H groups in total. The molecule has 4 nitrogen and oxygen atoms in total. The number of carbonyl (C=O) groups is 1. The Morgan fingerprint density at radius 2 is 0.974 bits per heavy atom. The SMILES string of the molecule is CCCCCCCCCCCCCCCCN(CC(O)CO)C(=O)CC(CC)CCCCCCCCCCC. The van der Waals surface area contributed by atoms with Gasteiger partial charge in [-0.3, -0.25) is 4.79 Å². The molecule has 0 saturated carbocycles. The molecule has 0 radical (unpaired) electrons. The molecule has 4 heteroatoms. The van der Waals surface area contributed by atoms with Gasteiger partial charge in [-0.2, -0.15) is 0 Å². The highest BCUT2D eigenvalue weighted by Gasteiger charge is 2.20. The second kappa shape index (κ2) is 30.4. The van der Waals surface area contributed by atoms with Crippen LogP contribution in [0.4, 0.5) is 0 Å². The molecule has 0 fully saturated rings. The van der Waals surface area contributed by atoms with E-state index in [1.807, 2.05) is 4.90 Å². The number of hydrogen-bond acceptors (Lipinski definition) is 3. The standard InChI is InChI=1S/C35H71NO3/c1-4-7-9-11-13-15-16-17-18-19-21-23-25-27-29-36(31-34(38)32-37)35(39)30-33(6-3)28-26-24-22-20-14-12-10-8-5-2/h33-34,37-38H,4-32H2,1-3H3. The van der Waals surface area contributed by atoms with Crippen LogP contribution in [-0.4, -0.2) is 46.8 Å². The number of amides is 1. The molecule has 0 aliphatic heterocycles. The largest absolute Gasteiger partial charge is 0.394 e. The quantitative estimate of drug-likeness (QED) is 0.0840. The molecule has 0 aromatic rings. The van der Waals surface area contributed by atoms with E-state index in [0.717, 1.165) is 25.7 Å². The highest BCUT2D eigenvalue weighted by Crippen LogP contribution is 2.20. The molecule has 2 unspecified atom stereocenters. The summed E-state index contributed by atoms with van der Waals surface area (Å²) in [4.78, 5) is 15.0. The molecular formula is C35H71NO3. The molecule has 0 spiro atoms. The van der Waals surface area contributed by atoms with Gasteiger partial charge in [0.05, 0.1) is 12.7 Å². The molecule has 39 heavy (non-hydrogen) atoms. The summed E-state index contributed by atoms with van der Waals surface area (Å²) in [6, 6.07) is 0. The Hall–Kier alpha value is -0.610. The molecular weight excluding hydrogens is 482 g/mol. The fourth-order valence-corrected chi connectivity index (χ4v) is 5.70. The lowest BCUT2D eigenvalue weighted by Crippen LogP contribution is -2.40. The number of aliphatic hydroxyl groups is 2. The summed E-state index contributed by atoms with van der Waals surface area (Å²) in [5.74, 6) is 0.604. The second-order valence-electron chi connectivity index (χ2n) is 12.4. The fourth-order valence-electron chi connectivity index (χ4n) is 5.70. The van der Waals surface area contributed by atoms with E-state index in [2.05, 4.69) is 20.8 Å². The van der Waals surface area contributed by atoms with Gasteiger partial charge in [0.15, 0.2) is 0 Å². The molecule has 0 bridgehead atoms. The van der Waals surface area contributed by atoms with E-state index in [9.17, 15) is 15.0 Å². The van der Waals surface area contributed by atoms with E-state index in [0.29, 0.717) is 18.9 Å². The average molecular weight is 554 g/mol. The van der Waals surface area contributed by atoms with E-state index < -0.39 is 6.10 Å². The highest BCUT2D eigenvalue weighted by atomic mass is 16.3. The third-order valence-corrected chi connectivity index (χ3v) is 8.53. The maximum Gasteiger partial charge on any atom is 0.222 e. The van der Waals surface area contributed by atoms with Crippen LogP contribution in [-0.2, 0) is 4.79 Å². The van der Waals surface area contributed by atoms with Crippen LogP contribution < -0.4 is 0 Å². The van der Waals surface area contributed by atoms with Crippen molar-refractivity contribution in [1.29, 1.82) is 0 Å². The van der Waals surface area contributed by atoms with Gasteiger partial charge in [-0.05, 0) is 18.8 Å². The van der Waals surface area contributed by atoms with Crippen LogP contribution in [0.3, 0.4) is 0 Å². The number of carbonyl (C=O) groups excluding carboxylic acids is 1. The van der Waals surface area contributed by atoms with Gasteiger partial charge in [-0.1, -0.05) is 168 Å². The molecule has 234 valence electrons. The van der Waals surface area contributed by atoms with Crippen molar-refractivity contribution in [3.05, 3.63) is 0 Å². The first-order valence-electron chi connectivity index (χ1n) is 17.7. The first kappa shape index (κ1) is 38.4. The van der Waals surface area contributed by atoms with Gasteiger partial charge in [-0.15, -0.1) is 0 Å². The maximum absolute atomic E-state index is 13.1. The minimum absolute atomic E-state index is 0.167. The zero-order valence-corrected chi connectivity index (χ0v) is 26.9. The highest BCUT2D eigenvalue weighted by molar-refractivity contribution is 5.76. The Bertz CT molecular complexity index is 498. The Balaban J connectivity index is 4.04. The summed E-state index contributed by atoms with van der Waals surface area (Å²) in [7, 11) is 0. The zero-order chi connectivity index (χ0) is 28.8. The number of rotatable bonds is 31. The summed E-state index contributed by atoms with van der Waals surface area (Å²) < 4.78 is 0. The normalized spacial score (nSPS) is 13.1. The van der Waals surface area contributed by atoms with Gasteiger partial charge in [0, 0.05) is 19.5 Å². The Morgan fingerprint density at radius 1 is 0.590 bits per heavy atom. The lowest BCUT2D eigenvalue weighted by molar-refractivity contribution is -0.134. The third kappa shape index (κ3) is 26.1. The molecule has 0 aliphatic carbocycles. The van der Waals surface area contributed by atoms with Crippen molar-refractivity contribution in [2.45, 2.75) is 194 Å². The topological polar surface area (TPSA) is 60.8 Å². The molecule has 0 rings (SSSR count). The summed E-state index contributed by atoms with van der Waals surface area (Å²) >= 11 is 0. The van der Waals surface area contributed by atoms with Gasteiger partial charge < -0.3 is 15.1 Å². The summed E-state index contributed by atoms with van der Waals surface area (Å²) in [5.41, 5.74) is 0. The van der Waals surface area contributed by atoms with Crippen LogP contribution in [0.5, 0.6) is 0 Å². The van der Waals surface area contributed by atoms with E-state index in [-0.39, 0.29) is 19.1 Å². The monoisotopic (exact) mass is 554 g/mol. The molecule has 0 saturated heterocycles. The van der Waals surface area contributed by atoms with Crippen molar-refractivity contribution < 1.29 is 15.0 Å². The van der Waals surface area contributed by atoms with Crippen LogP contribution >= 0.6 is 0 Å². The fraction of sp³-hybridized carbons (Fsp3) is 0.971. The van der Waals surface area contributed by atoms with Crippen molar-refractivity contribution in [3.8, 4) is 0 Å². The first-order valence-corrected chi connectivity index (χ1v) is 17.7. The second-order valence-corrected chi connectivity index (χ2v) is 12.4. The lowest BCUT2D eigenvalue weighted by atomic mass is 9.94. The Labute approximate surface area is 245 Å².